The summed E-state index contributed by atoms with van der Waals surface area (Å²) in [6.45, 7) is 1.30. The maximum Gasteiger partial charge on any atom is 0.149 e. The fourth-order valence-electron chi connectivity index (χ4n) is 3.00. The average molecular weight is 275 g/mol. The predicted molar refractivity (Wildman–Crippen MR) is 80.9 cm³/mol. The molecule has 1 aliphatic rings. The van der Waals surface area contributed by atoms with Crippen LogP contribution in [0.2, 0.25) is 0 Å². The first-order chi connectivity index (χ1) is 9.70. The molecule has 0 amide bonds. The third-order valence-electron chi connectivity index (χ3n) is 4.12. The number of likely N-dealkylation sites (N-methyl/N-ethyl adjacent to an activating group) is 1. The molecule has 1 fully saturated rings. The molecule has 0 spiro atoms. The SMILES string of the molecule is COc1ccccc1CN(C)CC(=O)C1CCCCC1. The van der Waals surface area contributed by atoms with E-state index in [1.807, 2.05) is 25.2 Å². The second kappa shape index (κ2) is 7.44. The predicted octanol–water partition coefficient (Wildman–Crippen LogP) is 3.28. The van der Waals surface area contributed by atoms with Crippen molar-refractivity contribution in [3.8, 4) is 5.75 Å². The van der Waals surface area contributed by atoms with Crippen LogP contribution >= 0.6 is 0 Å². The molecular weight excluding hydrogens is 250 g/mol. The first kappa shape index (κ1) is 15.0. The van der Waals surface area contributed by atoms with Crippen molar-refractivity contribution in [2.45, 2.75) is 38.6 Å². The summed E-state index contributed by atoms with van der Waals surface area (Å²) in [6, 6.07) is 8.00. The fraction of sp³-hybridized carbons (Fsp3) is 0.588. The van der Waals surface area contributed by atoms with Gasteiger partial charge in [-0.3, -0.25) is 9.69 Å². The smallest absolute Gasteiger partial charge is 0.149 e. The van der Waals surface area contributed by atoms with Gasteiger partial charge < -0.3 is 4.74 Å². The van der Waals surface area contributed by atoms with E-state index < -0.39 is 0 Å². The van der Waals surface area contributed by atoms with Gasteiger partial charge in [0.05, 0.1) is 13.7 Å². The van der Waals surface area contributed by atoms with E-state index in [-0.39, 0.29) is 0 Å². The second-order valence-corrected chi connectivity index (χ2v) is 5.79. The quantitative estimate of drug-likeness (QED) is 0.798. The van der Waals surface area contributed by atoms with E-state index in [9.17, 15) is 4.79 Å². The average Bonchev–Trinajstić information content (AvgIpc) is 2.48. The summed E-state index contributed by atoms with van der Waals surface area (Å²) < 4.78 is 5.36. The highest BCUT2D eigenvalue weighted by atomic mass is 16.5. The van der Waals surface area contributed by atoms with Gasteiger partial charge in [0.2, 0.25) is 0 Å². The van der Waals surface area contributed by atoms with Crippen molar-refractivity contribution in [1.29, 1.82) is 0 Å². The zero-order valence-electron chi connectivity index (χ0n) is 12.6. The maximum atomic E-state index is 12.3. The molecule has 0 unspecified atom stereocenters. The highest BCUT2D eigenvalue weighted by molar-refractivity contribution is 5.83. The van der Waals surface area contributed by atoms with Crippen LogP contribution in [-0.4, -0.2) is 31.4 Å². The van der Waals surface area contributed by atoms with E-state index in [1.165, 1.54) is 19.3 Å². The number of hydrogen-bond donors (Lipinski definition) is 0. The molecule has 2 rings (SSSR count). The number of carbonyl (C=O) groups is 1. The molecule has 0 bridgehead atoms. The molecule has 3 nitrogen and oxygen atoms in total. The Kier molecular flexibility index (Phi) is 5.60. The molecule has 1 saturated carbocycles. The molecule has 0 atom stereocenters. The number of hydrogen-bond acceptors (Lipinski definition) is 3. The third-order valence-corrected chi connectivity index (χ3v) is 4.12. The van der Waals surface area contributed by atoms with Crippen molar-refractivity contribution in [3.05, 3.63) is 29.8 Å². The Balaban J connectivity index is 1.88. The van der Waals surface area contributed by atoms with Crippen LogP contribution in [0.3, 0.4) is 0 Å². The van der Waals surface area contributed by atoms with Crippen LogP contribution in [0, 0.1) is 5.92 Å². The van der Waals surface area contributed by atoms with E-state index in [2.05, 4.69) is 11.0 Å². The summed E-state index contributed by atoms with van der Waals surface area (Å²) in [6.07, 6.45) is 5.89. The number of ether oxygens (including phenoxy) is 1. The second-order valence-electron chi connectivity index (χ2n) is 5.79. The monoisotopic (exact) mass is 275 g/mol. The minimum atomic E-state index is 0.295. The van der Waals surface area contributed by atoms with Gasteiger partial charge in [-0.15, -0.1) is 0 Å². The molecule has 0 aromatic heterocycles. The number of ketones is 1. The summed E-state index contributed by atoms with van der Waals surface area (Å²) in [7, 11) is 3.69. The number of para-hydroxylation sites is 1. The van der Waals surface area contributed by atoms with Gasteiger partial charge in [-0.25, -0.2) is 0 Å². The molecule has 1 aromatic rings. The molecule has 20 heavy (non-hydrogen) atoms. The summed E-state index contributed by atoms with van der Waals surface area (Å²) in [5.41, 5.74) is 1.13. The van der Waals surface area contributed by atoms with Crippen LogP contribution in [0.25, 0.3) is 0 Å². The highest BCUT2D eigenvalue weighted by Crippen LogP contribution is 2.25. The van der Waals surface area contributed by atoms with Gasteiger partial charge in [0, 0.05) is 18.0 Å². The zero-order valence-corrected chi connectivity index (χ0v) is 12.6. The number of benzene rings is 1. The van der Waals surface area contributed by atoms with Gasteiger partial charge in [-0.1, -0.05) is 37.5 Å². The lowest BCUT2D eigenvalue weighted by atomic mass is 9.86. The number of methoxy groups -OCH3 is 1. The summed E-state index contributed by atoms with van der Waals surface area (Å²) in [4.78, 5) is 14.4. The van der Waals surface area contributed by atoms with Crippen molar-refractivity contribution >= 4 is 5.78 Å². The summed E-state index contributed by atoms with van der Waals surface area (Å²) >= 11 is 0. The van der Waals surface area contributed by atoms with E-state index >= 15 is 0 Å². The zero-order chi connectivity index (χ0) is 14.4. The molecule has 0 aliphatic heterocycles. The van der Waals surface area contributed by atoms with Gasteiger partial charge in [-0.05, 0) is 26.0 Å². The van der Waals surface area contributed by atoms with Crippen LogP contribution in [0.5, 0.6) is 5.75 Å². The standard InChI is InChI=1S/C17H25NO2/c1-18(12-15-10-6-7-11-17(15)20-2)13-16(19)14-8-4-3-5-9-14/h6-7,10-11,14H,3-5,8-9,12-13H2,1-2H3. The Morgan fingerprint density at radius 3 is 2.65 bits per heavy atom. The lowest BCUT2D eigenvalue weighted by Gasteiger charge is -2.24. The minimum absolute atomic E-state index is 0.295. The lowest BCUT2D eigenvalue weighted by Crippen LogP contribution is -2.31. The van der Waals surface area contributed by atoms with Crippen molar-refractivity contribution in [2.75, 3.05) is 20.7 Å². The molecule has 0 N–H and O–H groups in total. The van der Waals surface area contributed by atoms with Crippen molar-refractivity contribution in [1.82, 2.24) is 4.90 Å². The van der Waals surface area contributed by atoms with Gasteiger partial charge in [0.15, 0.2) is 0 Å². The highest BCUT2D eigenvalue weighted by Gasteiger charge is 2.22. The van der Waals surface area contributed by atoms with Crippen LogP contribution in [0.4, 0.5) is 0 Å². The summed E-state index contributed by atoms with van der Waals surface area (Å²) in [5.74, 6) is 1.59. The number of rotatable bonds is 6. The van der Waals surface area contributed by atoms with Crippen LogP contribution < -0.4 is 4.74 Å². The van der Waals surface area contributed by atoms with E-state index in [1.54, 1.807) is 7.11 Å². The Hall–Kier alpha value is -1.35. The normalized spacial score (nSPS) is 16.4. The first-order valence-corrected chi connectivity index (χ1v) is 7.54. The molecule has 1 aromatic carbocycles. The topological polar surface area (TPSA) is 29.5 Å². The van der Waals surface area contributed by atoms with Crippen LogP contribution in [0.1, 0.15) is 37.7 Å². The third kappa shape index (κ3) is 4.07. The molecular formula is C17H25NO2. The van der Waals surface area contributed by atoms with E-state index in [0.29, 0.717) is 18.2 Å². The van der Waals surface area contributed by atoms with Crippen LogP contribution in [-0.2, 0) is 11.3 Å². The molecule has 0 radical (unpaired) electrons. The Morgan fingerprint density at radius 2 is 1.95 bits per heavy atom. The van der Waals surface area contributed by atoms with Crippen molar-refractivity contribution in [3.63, 3.8) is 0 Å². The number of nitrogens with zero attached hydrogens (tertiary/aromatic N) is 1. The van der Waals surface area contributed by atoms with Crippen LogP contribution in [0.15, 0.2) is 24.3 Å². The molecule has 1 aliphatic carbocycles. The Labute approximate surface area is 121 Å². The van der Waals surface area contributed by atoms with E-state index in [0.717, 1.165) is 30.7 Å². The molecule has 0 saturated heterocycles. The minimum Gasteiger partial charge on any atom is -0.496 e. The lowest BCUT2D eigenvalue weighted by molar-refractivity contribution is -0.124. The molecule has 110 valence electrons. The maximum absolute atomic E-state index is 12.3. The molecule has 0 heterocycles. The first-order valence-electron chi connectivity index (χ1n) is 7.54. The van der Waals surface area contributed by atoms with Crippen molar-refractivity contribution < 1.29 is 9.53 Å². The summed E-state index contributed by atoms with van der Waals surface area (Å²) in [5, 5.41) is 0. The van der Waals surface area contributed by atoms with Gasteiger partial charge in [0.25, 0.3) is 0 Å². The Morgan fingerprint density at radius 1 is 1.25 bits per heavy atom. The molecule has 3 heteroatoms. The number of Topliss-reactive ketones (excluding diaryl/α,β-unsaturated/α-hetero) is 1. The van der Waals surface area contributed by atoms with E-state index in [4.69, 9.17) is 4.74 Å². The van der Waals surface area contributed by atoms with Gasteiger partial charge >= 0.3 is 0 Å². The fourth-order valence-corrected chi connectivity index (χ4v) is 3.00. The van der Waals surface area contributed by atoms with Gasteiger partial charge in [-0.2, -0.15) is 0 Å². The van der Waals surface area contributed by atoms with Gasteiger partial charge in [0.1, 0.15) is 11.5 Å². The number of carbonyl (C=O) groups excluding carboxylic acids is 1. The van der Waals surface area contributed by atoms with Crippen molar-refractivity contribution in [2.24, 2.45) is 5.92 Å². The largest absolute Gasteiger partial charge is 0.496 e. The Bertz CT molecular complexity index is 438.